The van der Waals surface area contributed by atoms with E-state index in [1.807, 2.05) is 14.0 Å². The Hall–Kier alpha value is -0.810. The van der Waals surface area contributed by atoms with Crippen LogP contribution in [-0.2, 0) is 9.47 Å². The first kappa shape index (κ1) is 24.5. The van der Waals surface area contributed by atoms with E-state index in [2.05, 4.69) is 20.1 Å². The smallest absolute Gasteiger partial charge is 0.409 e. The molecule has 2 saturated heterocycles. The summed E-state index contributed by atoms with van der Waals surface area (Å²) in [6.07, 6.45) is 6.22. The molecule has 8 nitrogen and oxygen atoms in total. The Morgan fingerprint density at radius 2 is 1.66 bits per heavy atom. The molecule has 0 atom stereocenters. The van der Waals surface area contributed by atoms with Gasteiger partial charge in [-0.15, -0.1) is 24.0 Å². The number of aliphatic imine (C=N–C) groups is 1. The molecule has 168 valence electrons. The van der Waals surface area contributed by atoms with E-state index in [9.17, 15) is 4.79 Å². The molecule has 1 saturated carbocycles. The zero-order chi connectivity index (χ0) is 19.8. The van der Waals surface area contributed by atoms with Gasteiger partial charge in [0.05, 0.1) is 19.8 Å². The molecule has 3 fully saturated rings. The number of ether oxygens (including phenoxy) is 2. The van der Waals surface area contributed by atoms with Crippen LogP contribution >= 0.6 is 24.0 Å². The molecule has 0 aromatic rings. The Labute approximate surface area is 192 Å². The van der Waals surface area contributed by atoms with Crippen molar-refractivity contribution in [1.82, 2.24) is 20.0 Å². The predicted molar refractivity (Wildman–Crippen MR) is 125 cm³/mol. The van der Waals surface area contributed by atoms with E-state index in [0.717, 1.165) is 51.9 Å². The fraction of sp³-hybridized carbons (Fsp3) is 0.900. The number of nitrogens with one attached hydrogen (secondary N) is 1. The van der Waals surface area contributed by atoms with Crippen molar-refractivity contribution < 1.29 is 14.3 Å². The molecular formula is C20H38IN5O3. The number of hydrogen-bond acceptors (Lipinski definition) is 5. The topological polar surface area (TPSA) is 69.6 Å². The van der Waals surface area contributed by atoms with Gasteiger partial charge in [0.25, 0.3) is 0 Å². The second-order valence-electron chi connectivity index (χ2n) is 7.96. The van der Waals surface area contributed by atoms with E-state index in [0.29, 0.717) is 19.7 Å². The van der Waals surface area contributed by atoms with Crippen LogP contribution in [0, 0.1) is 0 Å². The number of rotatable bonds is 4. The monoisotopic (exact) mass is 523 g/mol. The van der Waals surface area contributed by atoms with E-state index < -0.39 is 0 Å². The molecule has 1 amide bonds. The van der Waals surface area contributed by atoms with Gasteiger partial charge in [-0.2, -0.15) is 0 Å². The normalized spacial score (nSPS) is 23.3. The summed E-state index contributed by atoms with van der Waals surface area (Å²) in [5, 5.41) is 3.67. The van der Waals surface area contributed by atoms with Crippen LogP contribution in [0.4, 0.5) is 4.79 Å². The summed E-state index contributed by atoms with van der Waals surface area (Å²) < 4.78 is 10.7. The number of piperazine rings is 1. The van der Waals surface area contributed by atoms with Gasteiger partial charge in [0.2, 0.25) is 0 Å². The van der Waals surface area contributed by atoms with E-state index in [-0.39, 0.29) is 35.6 Å². The van der Waals surface area contributed by atoms with Gasteiger partial charge in [0.1, 0.15) is 0 Å². The molecular weight excluding hydrogens is 485 g/mol. The van der Waals surface area contributed by atoms with Gasteiger partial charge in [-0.25, -0.2) is 4.79 Å². The molecule has 0 bridgehead atoms. The summed E-state index contributed by atoms with van der Waals surface area (Å²) in [5.41, 5.74) is 0.213. The molecule has 2 aliphatic heterocycles. The van der Waals surface area contributed by atoms with Gasteiger partial charge in [-0.3, -0.25) is 9.89 Å². The Morgan fingerprint density at radius 3 is 2.24 bits per heavy atom. The molecule has 0 aromatic carbocycles. The van der Waals surface area contributed by atoms with Crippen molar-refractivity contribution >= 4 is 36.0 Å². The Bertz CT molecular complexity index is 528. The number of guanidine groups is 1. The number of morpholine rings is 1. The molecule has 1 aliphatic carbocycles. The number of carbonyl (C=O) groups excluding carboxylic acids is 1. The highest BCUT2D eigenvalue weighted by molar-refractivity contribution is 14.0. The average molecular weight is 523 g/mol. The summed E-state index contributed by atoms with van der Waals surface area (Å²) in [5.74, 6) is 0.946. The standard InChI is InChI=1S/C20H37N5O3.HI/c1-3-28-19(26)24-11-9-23(10-12-24)18(21-2)22-17-20(7-5-4-6-8-20)25-13-15-27-16-14-25;/h3-17H2,1-2H3,(H,21,22);1H. The zero-order valence-electron chi connectivity index (χ0n) is 18.0. The van der Waals surface area contributed by atoms with Crippen LogP contribution in [-0.4, -0.2) is 105 Å². The van der Waals surface area contributed by atoms with Crippen LogP contribution in [0.3, 0.4) is 0 Å². The molecule has 2 heterocycles. The van der Waals surface area contributed by atoms with Crippen LogP contribution in [0.2, 0.25) is 0 Å². The van der Waals surface area contributed by atoms with Gasteiger partial charge in [0, 0.05) is 58.4 Å². The van der Waals surface area contributed by atoms with Crippen LogP contribution in [0.1, 0.15) is 39.0 Å². The summed E-state index contributed by atoms with van der Waals surface area (Å²) in [4.78, 5) is 23.1. The Morgan fingerprint density at radius 1 is 1.03 bits per heavy atom. The fourth-order valence-corrected chi connectivity index (χ4v) is 4.74. The quantitative estimate of drug-likeness (QED) is 0.346. The summed E-state index contributed by atoms with van der Waals surface area (Å²) in [6, 6.07) is 0. The van der Waals surface area contributed by atoms with Crippen molar-refractivity contribution in [3.63, 3.8) is 0 Å². The first-order chi connectivity index (χ1) is 13.7. The minimum atomic E-state index is -0.210. The van der Waals surface area contributed by atoms with Crippen molar-refractivity contribution in [2.75, 3.05) is 72.7 Å². The molecule has 0 aromatic heterocycles. The highest BCUT2D eigenvalue weighted by Crippen LogP contribution is 2.33. The van der Waals surface area contributed by atoms with E-state index in [4.69, 9.17) is 9.47 Å². The van der Waals surface area contributed by atoms with Gasteiger partial charge in [-0.1, -0.05) is 19.3 Å². The number of hydrogen-bond donors (Lipinski definition) is 1. The van der Waals surface area contributed by atoms with Crippen LogP contribution in [0.5, 0.6) is 0 Å². The van der Waals surface area contributed by atoms with Gasteiger partial charge in [0.15, 0.2) is 5.96 Å². The van der Waals surface area contributed by atoms with Crippen molar-refractivity contribution in [1.29, 1.82) is 0 Å². The summed E-state index contributed by atoms with van der Waals surface area (Å²) in [6.45, 7) is 9.84. The predicted octanol–water partition coefficient (Wildman–Crippen LogP) is 1.99. The second kappa shape index (κ2) is 12.1. The number of halogens is 1. The lowest BCUT2D eigenvalue weighted by molar-refractivity contribution is -0.0355. The minimum absolute atomic E-state index is 0. The highest BCUT2D eigenvalue weighted by Gasteiger charge is 2.39. The lowest BCUT2D eigenvalue weighted by Crippen LogP contribution is -2.61. The average Bonchev–Trinajstić information content (AvgIpc) is 2.76. The van der Waals surface area contributed by atoms with E-state index >= 15 is 0 Å². The molecule has 9 heteroatoms. The minimum Gasteiger partial charge on any atom is -0.450 e. The maximum atomic E-state index is 11.9. The van der Waals surface area contributed by atoms with Crippen molar-refractivity contribution in [3.05, 3.63) is 0 Å². The highest BCUT2D eigenvalue weighted by atomic mass is 127. The van der Waals surface area contributed by atoms with E-state index in [1.54, 1.807) is 4.90 Å². The van der Waals surface area contributed by atoms with Gasteiger partial charge in [-0.05, 0) is 19.8 Å². The first-order valence-corrected chi connectivity index (χ1v) is 10.9. The largest absolute Gasteiger partial charge is 0.450 e. The molecule has 0 spiro atoms. The molecule has 29 heavy (non-hydrogen) atoms. The van der Waals surface area contributed by atoms with Crippen molar-refractivity contribution in [3.8, 4) is 0 Å². The number of amides is 1. The van der Waals surface area contributed by atoms with Gasteiger partial charge < -0.3 is 24.6 Å². The molecule has 0 unspecified atom stereocenters. The van der Waals surface area contributed by atoms with Crippen LogP contribution < -0.4 is 5.32 Å². The van der Waals surface area contributed by atoms with E-state index in [1.165, 1.54) is 32.1 Å². The van der Waals surface area contributed by atoms with Crippen molar-refractivity contribution in [2.24, 2.45) is 4.99 Å². The maximum absolute atomic E-state index is 11.9. The number of carbonyl (C=O) groups is 1. The first-order valence-electron chi connectivity index (χ1n) is 10.9. The molecule has 3 aliphatic rings. The lowest BCUT2D eigenvalue weighted by Gasteiger charge is -2.48. The maximum Gasteiger partial charge on any atom is 0.409 e. The molecule has 3 rings (SSSR count). The third-order valence-corrected chi connectivity index (χ3v) is 6.36. The summed E-state index contributed by atoms with van der Waals surface area (Å²) in [7, 11) is 1.85. The van der Waals surface area contributed by atoms with Gasteiger partial charge >= 0.3 is 6.09 Å². The van der Waals surface area contributed by atoms with Crippen LogP contribution in [0.15, 0.2) is 4.99 Å². The summed E-state index contributed by atoms with van der Waals surface area (Å²) >= 11 is 0. The molecule has 0 radical (unpaired) electrons. The second-order valence-corrected chi connectivity index (χ2v) is 7.96. The zero-order valence-corrected chi connectivity index (χ0v) is 20.4. The fourth-order valence-electron chi connectivity index (χ4n) is 4.74. The number of nitrogens with zero attached hydrogens (tertiary/aromatic N) is 4. The SMILES string of the molecule is CCOC(=O)N1CCN(C(=NC)NCC2(N3CCOCC3)CCCCC2)CC1.I. The third kappa shape index (κ3) is 6.33. The lowest BCUT2D eigenvalue weighted by atomic mass is 9.79. The third-order valence-electron chi connectivity index (χ3n) is 6.36. The van der Waals surface area contributed by atoms with Crippen molar-refractivity contribution in [2.45, 2.75) is 44.6 Å². The molecule has 1 N–H and O–H groups in total. The Kier molecular flexibility index (Phi) is 10.2. The Balaban J connectivity index is 0.00000300. The van der Waals surface area contributed by atoms with Crippen LogP contribution in [0.25, 0.3) is 0 Å².